The van der Waals surface area contributed by atoms with Gasteiger partial charge >= 0.3 is 0 Å². The smallest absolute Gasteiger partial charge is 0.274 e. The van der Waals surface area contributed by atoms with E-state index in [-0.39, 0.29) is 43.8 Å². The third-order valence-corrected chi connectivity index (χ3v) is 9.51. The Labute approximate surface area is 337 Å². The number of aryl methyl sites for hydroxylation is 1. The molecule has 1 unspecified atom stereocenters. The number of fused-ring (bicyclic) bond motifs is 1. The van der Waals surface area contributed by atoms with Gasteiger partial charge in [-0.2, -0.15) is 18.4 Å². The van der Waals surface area contributed by atoms with Gasteiger partial charge in [0.15, 0.2) is 0 Å². The average molecular weight is 933 g/mol. The van der Waals surface area contributed by atoms with Crippen molar-refractivity contribution in [1.29, 1.82) is 10.0 Å². The molecule has 0 bridgehead atoms. The first-order valence-electron chi connectivity index (χ1n) is 17.5. The number of ether oxygens (including phenoxy) is 2. The Hall–Kier alpha value is -3.13. The number of nitrogens with one attached hydrogen (secondary N) is 1. The van der Waals surface area contributed by atoms with Crippen LogP contribution in [0, 0.1) is 21.9 Å². The second kappa shape index (κ2) is 25.8. The van der Waals surface area contributed by atoms with E-state index >= 15 is 0 Å². The summed E-state index contributed by atoms with van der Waals surface area (Å²) >= 11 is 1.41. The molecule has 5 rings (SSSR count). The maximum atomic E-state index is 14.1. The van der Waals surface area contributed by atoms with E-state index in [4.69, 9.17) is 24.5 Å². The number of hydrogen-bond donors (Lipinski definition) is 1. The molecule has 0 saturated heterocycles. The van der Waals surface area contributed by atoms with Crippen molar-refractivity contribution in [1.82, 2.24) is 19.4 Å². The molecule has 15 heteroatoms. The number of thiazole rings is 1. The Kier molecular flexibility index (Phi) is 23.3. The third kappa shape index (κ3) is 16.4. The molecule has 288 valence electrons. The SMILES string of the molecule is CC.CCCC.CCOC[N-]C.CS(=N)(=O)CCn1c(CN2CC=C(c3cnc(OCc4ccc(C#N)cc4F)s3)CC2)nc2ccc([C-]=O)cc21.[Hf]. The molecular weight excluding hydrogens is 880 g/mol. The van der Waals surface area contributed by atoms with E-state index in [1.54, 1.807) is 43.6 Å². The van der Waals surface area contributed by atoms with Crippen LogP contribution >= 0.6 is 11.3 Å². The topological polar surface area (TPSA) is 148 Å². The van der Waals surface area contributed by atoms with Crippen molar-refractivity contribution in [2.75, 3.05) is 45.5 Å². The minimum Gasteiger partial charge on any atom is -0.642 e. The Bertz CT molecular complexity index is 1870. The number of nitriles is 1. The molecule has 1 aliphatic rings. The Morgan fingerprint density at radius 1 is 1.17 bits per heavy atom. The normalized spacial score (nSPS) is 13.3. The van der Waals surface area contributed by atoms with Gasteiger partial charge in [-0.25, -0.2) is 14.4 Å². The summed E-state index contributed by atoms with van der Waals surface area (Å²) in [6.07, 6.45) is 10.7. The van der Waals surface area contributed by atoms with E-state index in [9.17, 15) is 13.4 Å². The number of halogens is 1. The van der Waals surface area contributed by atoms with Crippen LogP contribution in [-0.2, 0) is 64.8 Å². The molecule has 0 amide bonds. The third-order valence-electron chi connectivity index (χ3n) is 7.57. The molecule has 1 N–H and O–H groups in total. The van der Waals surface area contributed by atoms with Gasteiger partial charge < -0.3 is 24.2 Å². The minimum absolute atomic E-state index is 0. The van der Waals surface area contributed by atoms with E-state index in [1.165, 1.54) is 36.5 Å². The van der Waals surface area contributed by atoms with Gasteiger partial charge in [-0.3, -0.25) is 13.9 Å². The molecule has 11 nitrogen and oxygen atoms in total. The quantitative estimate of drug-likeness (QED) is 0.0755. The fraction of sp³-hybridized carbons (Fsp3) is 0.474. The van der Waals surface area contributed by atoms with Crippen molar-refractivity contribution in [2.45, 2.75) is 73.6 Å². The van der Waals surface area contributed by atoms with E-state index in [2.05, 4.69) is 35.1 Å². The first-order chi connectivity index (χ1) is 25.0. The van der Waals surface area contributed by atoms with Crippen molar-refractivity contribution < 1.29 is 48.7 Å². The van der Waals surface area contributed by atoms with Gasteiger partial charge in [-0.05, 0) is 37.8 Å². The number of aromatic nitrogens is 3. The summed E-state index contributed by atoms with van der Waals surface area (Å²) in [5, 5.41) is 13.0. The standard InChI is InChI=1S/C28H26FN6O3S2.C4H10NO.C4H10.C2H6.Hf/c1-40(31,37)11-10-35-25-13-20(17-36)3-5-24(25)33-27(35)16-34-8-6-21(7-9-34)26-15-32-28(39-26)38-18-22-4-2-19(14-30)12-23(22)29;1-3-6-4-5-2;1-3-4-2;1-2;/h2-6,12-13,15,31H,7-11,16,18H2,1H3;3-4H2,1-2H3;3-4H2,1-2H3;1-2H3;/q2*-1;;;. The van der Waals surface area contributed by atoms with Crippen molar-refractivity contribution in [3.8, 4) is 11.3 Å². The van der Waals surface area contributed by atoms with Crippen LogP contribution < -0.4 is 4.74 Å². The maximum Gasteiger partial charge on any atom is 0.274 e. The van der Waals surface area contributed by atoms with Gasteiger partial charge in [0.05, 0.1) is 34.9 Å². The molecule has 2 aromatic carbocycles. The van der Waals surface area contributed by atoms with Crippen molar-refractivity contribution in [3.63, 3.8) is 0 Å². The average Bonchev–Trinajstić information content (AvgIpc) is 3.77. The summed E-state index contributed by atoms with van der Waals surface area (Å²) < 4.78 is 46.5. The monoisotopic (exact) mass is 933 g/mol. The summed E-state index contributed by atoms with van der Waals surface area (Å²) in [6.45, 7) is 14.1. The summed E-state index contributed by atoms with van der Waals surface area (Å²) in [7, 11) is -0.958. The summed E-state index contributed by atoms with van der Waals surface area (Å²) in [5.74, 6) is 0.505. The molecule has 1 atom stereocenters. The fourth-order valence-electron chi connectivity index (χ4n) is 4.68. The Morgan fingerprint density at radius 2 is 1.91 bits per heavy atom. The molecule has 0 fully saturated rings. The van der Waals surface area contributed by atoms with Gasteiger partial charge in [0.2, 0.25) is 0 Å². The molecule has 0 spiro atoms. The van der Waals surface area contributed by atoms with Crippen molar-refractivity contribution in [3.05, 3.63) is 87.2 Å². The largest absolute Gasteiger partial charge is 0.642 e. The van der Waals surface area contributed by atoms with Gasteiger partial charge in [-0.1, -0.05) is 70.1 Å². The van der Waals surface area contributed by atoms with Gasteiger partial charge in [-0.15, -0.1) is 11.6 Å². The minimum atomic E-state index is -2.69. The zero-order valence-corrected chi connectivity index (χ0v) is 37.1. The summed E-state index contributed by atoms with van der Waals surface area (Å²) in [5.41, 5.74) is 3.72. The summed E-state index contributed by atoms with van der Waals surface area (Å²) in [6, 6.07) is 11.4. The fourth-order valence-corrected chi connectivity index (χ4v) is 6.04. The second-order valence-corrected chi connectivity index (χ2v) is 15.0. The Balaban J connectivity index is 0.000000947. The van der Waals surface area contributed by atoms with Crippen LogP contribution in [0.15, 0.2) is 48.7 Å². The van der Waals surface area contributed by atoms with Crippen LogP contribution in [-0.4, -0.2) is 75.4 Å². The number of imidazole rings is 1. The van der Waals surface area contributed by atoms with Crippen LogP contribution in [0.4, 0.5) is 4.39 Å². The molecule has 1 aliphatic heterocycles. The van der Waals surface area contributed by atoms with E-state index in [0.717, 1.165) is 46.9 Å². The summed E-state index contributed by atoms with van der Waals surface area (Å²) in [4.78, 5) is 23.6. The van der Waals surface area contributed by atoms with Crippen molar-refractivity contribution in [2.24, 2.45) is 0 Å². The maximum absolute atomic E-state index is 14.1. The zero-order chi connectivity index (χ0) is 38.5. The van der Waals surface area contributed by atoms with E-state index < -0.39 is 15.5 Å². The molecule has 2 aromatic heterocycles. The molecule has 3 heterocycles. The number of hydrogen-bond acceptors (Lipinski definition) is 10. The van der Waals surface area contributed by atoms with Crippen LogP contribution in [0.2, 0.25) is 0 Å². The van der Waals surface area contributed by atoms with Crippen LogP contribution in [0.5, 0.6) is 5.19 Å². The molecular formula is C38H52FHfN7O4S2-2. The van der Waals surface area contributed by atoms with Crippen molar-refractivity contribution >= 4 is 44.0 Å². The van der Waals surface area contributed by atoms with Crippen LogP contribution in [0.3, 0.4) is 0 Å². The molecule has 0 saturated carbocycles. The second-order valence-electron chi connectivity index (χ2n) is 11.5. The number of unbranched alkanes of at least 4 members (excludes halogenated alkanes) is 1. The number of nitrogens with zero attached hydrogens (tertiary/aromatic N) is 6. The Morgan fingerprint density at radius 3 is 2.45 bits per heavy atom. The van der Waals surface area contributed by atoms with E-state index in [0.29, 0.717) is 42.7 Å². The molecule has 53 heavy (non-hydrogen) atoms. The number of rotatable bonds is 14. The molecule has 4 aromatic rings. The number of carbonyl (C=O) groups excluding carboxylic acids is 1. The first-order valence-corrected chi connectivity index (χ1v) is 20.4. The van der Waals surface area contributed by atoms with Crippen LogP contribution in [0.25, 0.3) is 21.9 Å². The van der Waals surface area contributed by atoms with Crippen LogP contribution in [0.1, 0.15) is 81.3 Å². The van der Waals surface area contributed by atoms with E-state index in [1.807, 2.05) is 37.7 Å². The predicted molar refractivity (Wildman–Crippen MR) is 209 cm³/mol. The zero-order valence-electron chi connectivity index (χ0n) is 31.9. The van der Waals surface area contributed by atoms with Gasteiger partial charge in [0.1, 0.15) is 18.2 Å². The predicted octanol–water partition coefficient (Wildman–Crippen LogP) is 8.32. The molecule has 0 aliphatic carbocycles. The number of benzene rings is 2. The van der Waals surface area contributed by atoms with Gasteiger partial charge in [0.25, 0.3) is 5.19 Å². The van der Waals surface area contributed by atoms with Gasteiger partial charge in [0, 0.05) is 91.1 Å². The first kappa shape index (κ1) is 47.9. The molecule has 0 radical (unpaired) electrons.